The van der Waals surface area contributed by atoms with Crippen molar-refractivity contribution in [2.45, 2.75) is 49.1 Å². The minimum Gasteiger partial charge on any atom is -0.387 e. The standard InChI is InChI=1S/C19H26N6O23P4/c26-8-1-2-24(19(33)21-8)16-12(29)10(27)6(44-16)3-42-49(34,35)46-51(38,39)48-52(40,41)47-50(36,37)43-4-7-11(28)13(30)17(45-7)25-5-20-9-14(25)22-18(32)23-15(9)31/h1-2,5-7,10-13,16-17,27-30H,3-4H2,(H,34,35)(H,36,37)(H,38,39)(H,40,41)(H,21,26,33)(H2,22,23,31,32)/t6-,7-,10-,11-,12-,13-,16-,17+/m1/s1. The van der Waals surface area contributed by atoms with Crippen LogP contribution in [0.1, 0.15) is 12.5 Å². The Balaban J connectivity index is 1.15. The Labute approximate surface area is 284 Å². The van der Waals surface area contributed by atoms with Gasteiger partial charge in [-0.05, 0) is 0 Å². The highest BCUT2D eigenvalue weighted by molar-refractivity contribution is 7.69. The van der Waals surface area contributed by atoms with Crippen molar-refractivity contribution in [1.29, 1.82) is 0 Å². The summed E-state index contributed by atoms with van der Waals surface area (Å²) in [6, 6.07) is 0.866. The lowest BCUT2D eigenvalue weighted by Gasteiger charge is -2.21. The second kappa shape index (κ2) is 14.8. The number of rotatable bonds is 14. The van der Waals surface area contributed by atoms with Crippen molar-refractivity contribution in [3.05, 3.63) is 60.3 Å². The van der Waals surface area contributed by atoms with Crippen molar-refractivity contribution in [2.75, 3.05) is 13.2 Å². The SMILES string of the molecule is O=c1ccn([C@@H]2O[C@H](COP(=O)(O)OP(=O)(O)OP(=O)(O)OP(=O)(O)OC[C@H]3O[C@H](n4cnc5c(=O)[nH]c(=O)[nH]c54)[C@H](O)[C@@H]3O)[C@@H](O)[C@H]2O)c(=O)[nH]1. The van der Waals surface area contributed by atoms with E-state index in [0.717, 1.165) is 23.2 Å². The van der Waals surface area contributed by atoms with Crippen LogP contribution in [0, 0.1) is 0 Å². The fraction of sp³-hybridized carbons (Fsp3) is 0.526. The summed E-state index contributed by atoms with van der Waals surface area (Å²) in [5.74, 6) is 0. The van der Waals surface area contributed by atoms with E-state index in [0.29, 0.717) is 4.57 Å². The summed E-state index contributed by atoms with van der Waals surface area (Å²) in [5.41, 5.74) is -4.33. The molecule has 52 heavy (non-hydrogen) atoms. The van der Waals surface area contributed by atoms with Gasteiger partial charge in [-0.25, -0.2) is 32.8 Å². The molecule has 2 aliphatic rings. The van der Waals surface area contributed by atoms with Crippen LogP contribution in [0.5, 0.6) is 0 Å². The number of H-pyrrole nitrogens is 3. The predicted octanol–water partition coefficient (Wildman–Crippen LogP) is -4.31. The maximum atomic E-state index is 12.3. The first-order valence-electron chi connectivity index (χ1n) is 13.8. The second-order valence-corrected chi connectivity index (χ2v) is 16.8. The molecule has 2 fully saturated rings. The molecule has 0 radical (unpaired) electrons. The zero-order valence-electron chi connectivity index (χ0n) is 25.1. The molecule has 290 valence electrons. The monoisotopic (exact) mass is 830 g/mol. The molecule has 33 heteroatoms. The molecule has 11 N–H and O–H groups in total. The van der Waals surface area contributed by atoms with E-state index in [2.05, 4.69) is 31.9 Å². The number of aromatic amines is 3. The number of aliphatic hydroxyl groups excluding tert-OH is 4. The van der Waals surface area contributed by atoms with Crippen LogP contribution in [-0.4, -0.2) is 119 Å². The highest BCUT2D eigenvalue weighted by Gasteiger charge is 2.50. The third-order valence-corrected chi connectivity index (χ3v) is 12.9. The number of nitrogens with one attached hydrogen (secondary N) is 3. The zero-order chi connectivity index (χ0) is 38.6. The van der Waals surface area contributed by atoms with Crippen LogP contribution < -0.4 is 22.5 Å². The lowest BCUT2D eigenvalue weighted by molar-refractivity contribution is -0.0542. The van der Waals surface area contributed by atoms with E-state index in [1.54, 1.807) is 0 Å². The van der Waals surface area contributed by atoms with Crippen molar-refractivity contribution >= 4 is 42.5 Å². The van der Waals surface area contributed by atoms with E-state index >= 15 is 0 Å². The van der Waals surface area contributed by atoms with Gasteiger partial charge in [0, 0.05) is 12.3 Å². The molecule has 3 aromatic rings. The first-order chi connectivity index (χ1) is 24.0. The van der Waals surface area contributed by atoms with Crippen LogP contribution in [0.2, 0.25) is 0 Å². The van der Waals surface area contributed by atoms with Crippen LogP contribution >= 0.6 is 31.3 Å². The van der Waals surface area contributed by atoms with E-state index < -0.39 is 116 Å². The van der Waals surface area contributed by atoms with Gasteiger partial charge in [0.1, 0.15) is 42.3 Å². The van der Waals surface area contributed by atoms with Crippen molar-refractivity contribution < 1.29 is 89.7 Å². The molecule has 29 nitrogen and oxygen atoms in total. The van der Waals surface area contributed by atoms with Crippen LogP contribution in [0.25, 0.3) is 11.2 Å². The summed E-state index contributed by atoms with van der Waals surface area (Å²) in [4.78, 5) is 95.8. The number of phosphoric ester groups is 2. The Hall–Kier alpha value is -2.85. The second-order valence-electron chi connectivity index (χ2n) is 10.6. The predicted molar refractivity (Wildman–Crippen MR) is 159 cm³/mol. The first-order valence-corrected chi connectivity index (χ1v) is 19.7. The lowest BCUT2D eigenvalue weighted by Crippen LogP contribution is -2.37. The fourth-order valence-electron chi connectivity index (χ4n) is 4.77. The first kappa shape index (κ1) is 40.3. The Morgan fingerprint density at radius 3 is 1.67 bits per heavy atom. The number of fused-ring (bicyclic) bond motifs is 1. The number of ether oxygens (including phenoxy) is 2. The zero-order valence-corrected chi connectivity index (χ0v) is 28.7. The number of phosphoric acid groups is 4. The number of aliphatic hydroxyl groups is 4. The Morgan fingerprint density at radius 2 is 1.17 bits per heavy atom. The molecular formula is C19H26N6O23P4. The molecular weight excluding hydrogens is 804 g/mol. The van der Waals surface area contributed by atoms with Gasteiger partial charge >= 0.3 is 42.7 Å². The molecule has 3 aromatic heterocycles. The third kappa shape index (κ3) is 9.08. The summed E-state index contributed by atoms with van der Waals surface area (Å²) in [5, 5.41) is 41.2. The molecule has 2 aliphatic heterocycles. The van der Waals surface area contributed by atoms with Gasteiger partial charge in [-0.1, -0.05) is 0 Å². The van der Waals surface area contributed by atoms with Crippen LogP contribution in [0.4, 0.5) is 0 Å². The van der Waals surface area contributed by atoms with E-state index in [9.17, 15) is 77.4 Å². The fourth-order valence-corrected chi connectivity index (χ4v) is 9.72. The molecule has 4 unspecified atom stereocenters. The summed E-state index contributed by atoms with van der Waals surface area (Å²) in [6.07, 6.45) is -12.5. The van der Waals surface area contributed by atoms with Crippen LogP contribution in [0.15, 0.2) is 37.8 Å². The average molecular weight is 830 g/mol. The van der Waals surface area contributed by atoms with Crippen LogP contribution in [0.3, 0.4) is 0 Å². The number of aromatic nitrogens is 6. The minimum atomic E-state index is -6.26. The molecule has 0 amide bonds. The number of hydrogen-bond donors (Lipinski definition) is 11. The third-order valence-electron chi connectivity index (χ3n) is 6.96. The molecule has 0 aromatic carbocycles. The Bertz CT molecular complexity index is 2250. The summed E-state index contributed by atoms with van der Waals surface area (Å²) in [7, 11) is -24.2. The maximum absolute atomic E-state index is 12.3. The smallest absolute Gasteiger partial charge is 0.387 e. The van der Waals surface area contributed by atoms with Gasteiger partial charge < -0.3 is 49.5 Å². The highest BCUT2D eigenvalue weighted by atomic mass is 31.3. The van der Waals surface area contributed by atoms with E-state index in [-0.39, 0.29) is 11.2 Å². The average Bonchev–Trinajstić information content (AvgIpc) is 3.63. The normalized spacial score (nSPS) is 31.2. The minimum absolute atomic E-state index is 0.257. The van der Waals surface area contributed by atoms with E-state index in [4.69, 9.17) is 9.47 Å². The Morgan fingerprint density at radius 1 is 0.692 bits per heavy atom. The summed E-state index contributed by atoms with van der Waals surface area (Å²) in [6.45, 7) is -2.42. The molecule has 2 saturated heterocycles. The van der Waals surface area contributed by atoms with Gasteiger partial charge in [-0.3, -0.25) is 42.7 Å². The van der Waals surface area contributed by atoms with Crippen molar-refractivity contribution in [3.8, 4) is 0 Å². The lowest BCUT2D eigenvalue weighted by atomic mass is 10.1. The van der Waals surface area contributed by atoms with Crippen molar-refractivity contribution in [2.24, 2.45) is 0 Å². The quantitative estimate of drug-likeness (QED) is 0.0684. The molecule has 0 aliphatic carbocycles. The van der Waals surface area contributed by atoms with Gasteiger partial charge in [-0.2, -0.15) is 12.9 Å². The number of nitrogens with zero attached hydrogens (tertiary/aromatic N) is 3. The summed E-state index contributed by atoms with van der Waals surface area (Å²) >= 11 is 0. The van der Waals surface area contributed by atoms with Crippen molar-refractivity contribution in [3.63, 3.8) is 0 Å². The topological polar surface area (TPSA) is 433 Å². The van der Waals surface area contributed by atoms with Gasteiger partial charge in [0.05, 0.1) is 19.5 Å². The van der Waals surface area contributed by atoms with Crippen molar-refractivity contribution in [1.82, 2.24) is 29.1 Å². The maximum Gasteiger partial charge on any atom is 0.490 e. The summed E-state index contributed by atoms with van der Waals surface area (Å²) < 4.78 is 81.5. The van der Waals surface area contributed by atoms with E-state index in [1.165, 1.54) is 0 Å². The van der Waals surface area contributed by atoms with Gasteiger partial charge in [0.25, 0.3) is 11.1 Å². The number of hydrogen-bond acceptors (Lipinski definition) is 20. The largest absolute Gasteiger partial charge is 0.490 e. The van der Waals surface area contributed by atoms with E-state index in [1.807, 2.05) is 9.97 Å². The molecule has 0 spiro atoms. The molecule has 0 saturated carbocycles. The number of imidazole rings is 1. The molecule has 5 rings (SSSR count). The van der Waals surface area contributed by atoms with Gasteiger partial charge in [0.2, 0.25) is 0 Å². The van der Waals surface area contributed by atoms with Crippen LogP contribution in [-0.2, 0) is 49.7 Å². The Kier molecular flexibility index (Phi) is 11.5. The van der Waals surface area contributed by atoms with Gasteiger partial charge in [-0.15, -0.1) is 0 Å². The molecule has 5 heterocycles. The molecule has 12 atom stereocenters. The highest BCUT2D eigenvalue weighted by Crippen LogP contribution is 2.71. The molecule has 0 bridgehead atoms. The van der Waals surface area contributed by atoms with Gasteiger partial charge in [0.15, 0.2) is 18.0 Å².